The van der Waals surface area contributed by atoms with Crippen molar-refractivity contribution in [3.63, 3.8) is 0 Å². The first-order chi connectivity index (χ1) is 9.33. The molecule has 0 bridgehead atoms. The van der Waals surface area contributed by atoms with Gasteiger partial charge in [-0.15, -0.1) is 0 Å². The molecular formula is C16H26N2O. The van der Waals surface area contributed by atoms with Gasteiger partial charge in [-0.1, -0.05) is 49.6 Å². The van der Waals surface area contributed by atoms with Crippen LogP contribution >= 0.6 is 0 Å². The summed E-state index contributed by atoms with van der Waals surface area (Å²) in [7, 11) is 0. The van der Waals surface area contributed by atoms with E-state index in [0.29, 0.717) is 6.61 Å². The van der Waals surface area contributed by atoms with Crippen molar-refractivity contribution < 1.29 is 4.74 Å². The Labute approximate surface area is 116 Å². The van der Waals surface area contributed by atoms with Crippen LogP contribution in [0, 0.1) is 0 Å². The van der Waals surface area contributed by atoms with Crippen LogP contribution in [-0.2, 0) is 10.2 Å². The van der Waals surface area contributed by atoms with E-state index >= 15 is 0 Å². The number of nitrogens with one attached hydrogen (secondary N) is 1. The summed E-state index contributed by atoms with van der Waals surface area (Å²) in [6, 6.07) is 11.0. The molecule has 2 rings (SSSR count). The fourth-order valence-corrected chi connectivity index (χ4v) is 3.39. The van der Waals surface area contributed by atoms with Crippen molar-refractivity contribution in [2.45, 2.75) is 50.5 Å². The van der Waals surface area contributed by atoms with Crippen LogP contribution in [-0.4, -0.2) is 19.3 Å². The summed E-state index contributed by atoms with van der Waals surface area (Å²) in [6.45, 7) is 3.45. The number of hydrogen-bond donors (Lipinski definition) is 2. The van der Waals surface area contributed by atoms with Gasteiger partial charge in [0.2, 0.25) is 0 Å². The van der Waals surface area contributed by atoms with Crippen molar-refractivity contribution in [3.05, 3.63) is 35.9 Å². The lowest BCUT2D eigenvalue weighted by Gasteiger charge is -2.43. The Bertz CT molecular complexity index is 360. The SMILES string of the molecule is CCOCC(NN)C1(c2ccccc2)CCCCC1. The highest BCUT2D eigenvalue weighted by Gasteiger charge is 2.40. The first-order valence-electron chi connectivity index (χ1n) is 7.43. The van der Waals surface area contributed by atoms with Crippen molar-refractivity contribution in [1.29, 1.82) is 0 Å². The van der Waals surface area contributed by atoms with Crippen molar-refractivity contribution >= 4 is 0 Å². The van der Waals surface area contributed by atoms with E-state index in [9.17, 15) is 0 Å². The summed E-state index contributed by atoms with van der Waals surface area (Å²) in [4.78, 5) is 0. The minimum atomic E-state index is 0.128. The lowest BCUT2D eigenvalue weighted by atomic mass is 9.65. The molecule has 19 heavy (non-hydrogen) atoms. The van der Waals surface area contributed by atoms with Gasteiger partial charge in [0.05, 0.1) is 12.6 Å². The second-order valence-electron chi connectivity index (χ2n) is 5.46. The van der Waals surface area contributed by atoms with Crippen molar-refractivity contribution in [2.24, 2.45) is 5.84 Å². The Morgan fingerprint density at radius 3 is 2.47 bits per heavy atom. The Balaban J connectivity index is 2.27. The topological polar surface area (TPSA) is 47.3 Å². The van der Waals surface area contributed by atoms with E-state index in [1.54, 1.807) is 0 Å². The molecule has 3 heteroatoms. The van der Waals surface area contributed by atoms with Crippen LogP contribution in [0.15, 0.2) is 30.3 Å². The molecule has 1 aromatic carbocycles. The predicted molar refractivity (Wildman–Crippen MR) is 78.8 cm³/mol. The highest BCUT2D eigenvalue weighted by Crippen LogP contribution is 2.42. The number of nitrogens with two attached hydrogens (primary N) is 1. The second kappa shape index (κ2) is 7.04. The summed E-state index contributed by atoms with van der Waals surface area (Å²) in [6.07, 6.45) is 6.27. The maximum Gasteiger partial charge on any atom is 0.0641 e. The van der Waals surface area contributed by atoms with Gasteiger partial charge < -0.3 is 4.74 Å². The van der Waals surface area contributed by atoms with E-state index < -0.39 is 0 Å². The van der Waals surface area contributed by atoms with E-state index in [1.807, 2.05) is 6.92 Å². The zero-order valence-electron chi connectivity index (χ0n) is 11.9. The zero-order chi connectivity index (χ0) is 13.6. The third-order valence-corrected chi connectivity index (χ3v) is 4.45. The van der Waals surface area contributed by atoms with Crippen LogP contribution in [0.3, 0.4) is 0 Å². The van der Waals surface area contributed by atoms with Crippen LogP contribution in [0.25, 0.3) is 0 Å². The molecule has 3 nitrogen and oxygen atoms in total. The summed E-state index contributed by atoms with van der Waals surface area (Å²) in [5.41, 5.74) is 4.55. The molecule has 106 valence electrons. The standard InChI is InChI=1S/C16H26N2O/c1-2-19-13-15(18-17)16(11-7-4-8-12-16)14-9-5-3-6-10-14/h3,5-6,9-10,15,18H,2,4,7-8,11-13,17H2,1H3. The molecule has 1 unspecified atom stereocenters. The molecule has 1 aliphatic rings. The molecule has 3 N–H and O–H groups in total. The smallest absolute Gasteiger partial charge is 0.0641 e. The number of rotatable bonds is 6. The Morgan fingerprint density at radius 2 is 1.89 bits per heavy atom. The third-order valence-electron chi connectivity index (χ3n) is 4.45. The number of ether oxygens (including phenoxy) is 1. The molecule has 0 heterocycles. The van der Waals surface area contributed by atoms with Crippen LogP contribution in [0.2, 0.25) is 0 Å². The monoisotopic (exact) mass is 262 g/mol. The highest BCUT2D eigenvalue weighted by molar-refractivity contribution is 5.28. The normalized spacial score (nSPS) is 20.1. The molecule has 0 spiro atoms. The molecule has 1 fully saturated rings. The molecule has 0 saturated heterocycles. The Morgan fingerprint density at radius 1 is 1.21 bits per heavy atom. The minimum Gasteiger partial charge on any atom is -0.380 e. The van der Waals surface area contributed by atoms with Crippen molar-refractivity contribution in [3.8, 4) is 0 Å². The maximum absolute atomic E-state index is 5.84. The van der Waals surface area contributed by atoms with Crippen LogP contribution in [0.5, 0.6) is 0 Å². The van der Waals surface area contributed by atoms with E-state index in [2.05, 4.69) is 35.8 Å². The average molecular weight is 262 g/mol. The van der Waals surface area contributed by atoms with Gasteiger partial charge in [0.1, 0.15) is 0 Å². The molecule has 0 aliphatic heterocycles. The summed E-state index contributed by atoms with van der Waals surface area (Å²) in [5, 5.41) is 0. The predicted octanol–water partition coefficient (Wildman–Crippen LogP) is 2.76. The Hall–Kier alpha value is -0.900. The lowest BCUT2D eigenvalue weighted by molar-refractivity contribution is 0.0777. The quantitative estimate of drug-likeness (QED) is 0.612. The molecular weight excluding hydrogens is 236 g/mol. The Kier molecular flexibility index (Phi) is 5.37. The van der Waals surface area contributed by atoms with Crippen LogP contribution < -0.4 is 11.3 Å². The second-order valence-corrected chi connectivity index (χ2v) is 5.46. The van der Waals surface area contributed by atoms with Crippen LogP contribution in [0.1, 0.15) is 44.6 Å². The maximum atomic E-state index is 5.84. The van der Waals surface area contributed by atoms with E-state index in [1.165, 1.54) is 37.7 Å². The van der Waals surface area contributed by atoms with Gasteiger partial charge in [-0.05, 0) is 25.3 Å². The van der Waals surface area contributed by atoms with Gasteiger partial charge in [-0.25, -0.2) is 0 Å². The van der Waals surface area contributed by atoms with Crippen LogP contribution in [0.4, 0.5) is 0 Å². The van der Waals surface area contributed by atoms with Gasteiger partial charge in [0.15, 0.2) is 0 Å². The molecule has 1 atom stereocenters. The molecule has 0 radical (unpaired) electrons. The van der Waals surface area contributed by atoms with Crippen molar-refractivity contribution in [1.82, 2.24) is 5.43 Å². The number of hydrazine groups is 1. The summed E-state index contributed by atoms with van der Waals surface area (Å²) >= 11 is 0. The van der Waals surface area contributed by atoms with E-state index in [4.69, 9.17) is 10.6 Å². The first kappa shape index (κ1) is 14.5. The zero-order valence-corrected chi connectivity index (χ0v) is 11.9. The lowest BCUT2D eigenvalue weighted by Crippen LogP contribution is -2.54. The minimum absolute atomic E-state index is 0.128. The number of hydrogen-bond acceptors (Lipinski definition) is 3. The van der Waals surface area contributed by atoms with E-state index in [-0.39, 0.29) is 11.5 Å². The fraction of sp³-hybridized carbons (Fsp3) is 0.625. The third kappa shape index (κ3) is 3.16. The van der Waals surface area contributed by atoms with Gasteiger partial charge in [-0.2, -0.15) is 0 Å². The molecule has 1 aromatic rings. The van der Waals surface area contributed by atoms with Gasteiger partial charge >= 0.3 is 0 Å². The summed E-state index contributed by atoms with van der Waals surface area (Å²) < 4.78 is 5.64. The summed E-state index contributed by atoms with van der Waals surface area (Å²) in [5.74, 6) is 5.84. The van der Waals surface area contributed by atoms with Gasteiger partial charge in [0.25, 0.3) is 0 Å². The number of benzene rings is 1. The molecule has 0 amide bonds. The average Bonchev–Trinajstić information content (AvgIpc) is 2.50. The molecule has 0 aromatic heterocycles. The van der Waals surface area contributed by atoms with Gasteiger partial charge in [-0.3, -0.25) is 11.3 Å². The largest absolute Gasteiger partial charge is 0.380 e. The first-order valence-corrected chi connectivity index (χ1v) is 7.43. The molecule has 1 saturated carbocycles. The van der Waals surface area contributed by atoms with Gasteiger partial charge in [0, 0.05) is 12.0 Å². The van der Waals surface area contributed by atoms with E-state index in [0.717, 1.165) is 6.61 Å². The molecule has 1 aliphatic carbocycles. The van der Waals surface area contributed by atoms with Crippen molar-refractivity contribution in [2.75, 3.05) is 13.2 Å². The fourth-order valence-electron chi connectivity index (χ4n) is 3.39. The highest BCUT2D eigenvalue weighted by atomic mass is 16.5.